The van der Waals surface area contributed by atoms with Gasteiger partial charge in [0.2, 0.25) is 0 Å². The van der Waals surface area contributed by atoms with Gasteiger partial charge in [0.25, 0.3) is 5.69 Å². The molecule has 0 heterocycles. The van der Waals surface area contributed by atoms with Crippen molar-refractivity contribution in [1.82, 2.24) is 0 Å². The number of rotatable bonds is 5. The fourth-order valence-corrected chi connectivity index (χ4v) is 1.50. The van der Waals surface area contributed by atoms with E-state index in [2.05, 4.69) is 5.32 Å². The van der Waals surface area contributed by atoms with E-state index in [4.69, 9.17) is 28.3 Å². The van der Waals surface area contributed by atoms with Gasteiger partial charge in [-0.25, -0.2) is 0 Å². The Morgan fingerprint density at radius 1 is 1.47 bits per heavy atom. The molecule has 1 aromatic carbocycles. The van der Waals surface area contributed by atoms with Crippen molar-refractivity contribution in [1.29, 1.82) is 0 Å². The zero-order valence-electron chi connectivity index (χ0n) is 9.11. The van der Waals surface area contributed by atoms with Crippen molar-refractivity contribution < 1.29 is 10.0 Å². The monoisotopic (exact) mass is 278 g/mol. The van der Waals surface area contributed by atoms with Gasteiger partial charge in [0.05, 0.1) is 15.0 Å². The molecule has 0 fully saturated rings. The van der Waals surface area contributed by atoms with Gasteiger partial charge in [0.1, 0.15) is 5.69 Å². The van der Waals surface area contributed by atoms with Crippen LogP contribution in [-0.4, -0.2) is 23.2 Å². The third-order valence-corrected chi connectivity index (χ3v) is 2.91. The minimum Gasteiger partial charge on any atom is -0.396 e. The molecule has 0 aromatic heterocycles. The molecule has 0 amide bonds. The topological polar surface area (TPSA) is 75.4 Å². The first-order valence-electron chi connectivity index (χ1n) is 4.94. The van der Waals surface area contributed by atoms with Crippen LogP contribution < -0.4 is 5.32 Å². The van der Waals surface area contributed by atoms with E-state index in [0.717, 1.165) is 0 Å². The van der Waals surface area contributed by atoms with Gasteiger partial charge in [-0.15, -0.1) is 0 Å². The van der Waals surface area contributed by atoms with Crippen LogP contribution in [0, 0.1) is 16.0 Å². The van der Waals surface area contributed by atoms with Crippen LogP contribution in [0.4, 0.5) is 11.4 Å². The lowest BCUT2D eigenvalue weighted by molar-refractivity contribution is -0.383. The normalized spacial score (nSPS) is 12.2. The lowest BCUT2D eigenvalue weighted by atomic mass is 10.2. The molecule has 0 aliphatic carbocycles. The lowest BCUT2D eigenvalue weighted by Crippen LogP contribution is -2.15. The first-order valence-corrected chi connectivity index (χ1v) is 5.69. The number of nitrogens with zero attached hydrogens (tertiary/aromatic N) is 1. The summed E-state index contributed by atoms with van der Waals surface area (Å²) in [6.07, 6.45) is 0. The number of anilines is 1. The number of aliphatic hydroxyl groups is 1. The molecule has 0 bridgehead atoms. The van der Waals surface area contributed by atoms with Gasteiger partial charge >= 0.3 is 0 Å². The zero-order chi connectivity index (χ0) is 13.0. The van der Waals surface area contributed by atoms with Crippen LogP contribution in [0.15, 0.2) is 12.1 Å². The fraction of sp³-hybridized carbons (Fsp3) is 0.400. The molecule has 0 spiro atoms. The molecule has 7 heteroatoms. The Labute approximate surface area is 108 Å². The predicted octanol–water partition coefficient (Wildman–Crippen LogP) is 2.94. The van der Waals surface area contributed by atoms with Crippen LogP contribution in [0.1, 0.15) is 6.92 Å². The molecule has 0 radical (unpaired) electrons. The van der Waals surface area contributed by atoms with E-state index in [1.165, 1.54) is 12.1 Å². The van der Waals surface area contributed by atoms with Crippen LogP contribution in [-0.2, 0) is 0 Å². The van der Waals surface area contributed by atoms with Gasteiger partial charge < -0.3 is 10.4 Å². The molecule has 0 aliphatic rings. The third kappa shape index (κ3) is 3.73. The van der Waals surface area contributed by atoms with Crippen molar-refractivity contribution in [2.45, 2.75) is 6.92 Å². The van der Waals surface area contributed by atoms with E-state index in [-0.39, 0.29) is 28.3 Å². The smallest absolute Gasteiger partial charge is 0.293 e. The van der Waals surface area contributed by atoms with E-state index in [1.807, 2.05) is 6.92 Å². The number of halogens is 2. The van der Waals surface area contributed by atoms with Gasteiger partial charge in [-0.2, -0.15) is 0 Å². The SMILES string of the molecule is CC(CO)CNc1cc(Cl)c(Cl)cc1[N+](=O)[O-]. The van der Waals surface area contributed by atoms with Gasteiger partial charge in [-0.05, 0) is 12.0 Å². The average molecular weight is 279 g/mol. The van der Waals surface area contributed by atoms with Gasteiger partial charge in [-0.1, -0.05) is 30.1 Å². The Hall–Kier alpha value is -1.04. The van der Waals surface area contributed by atoms with Crippen LogP contribution in [0.3, 0.4) is 0 Å². The maximum absolute atomic E-state index is 10.8. The standard InChI is InChI=1S/C10H12Cl2N2O3/c1-6(5-15)4-13-9-2-7(11)8(12)3-10(9)14(16)17/h2-3,6,13,15H,4-5H2,1H3. The van der Waals surface area contributed by atoms with Crippen molar-refractivity contribution in [3.63, 3.8) is 0 Å². The molecule has 17 heavy (non-hydrogen) atoms. The molecule has 2 N–H and O–H groups in total. The number of hydrogen-bond donors (Lipinski definition) is 2. The number of nitrogens with one attached hydrogen (secondary N) is 1. The van der Waals surface area contributed by atoms with Crippen LogP contribution in [0.5, 0.6) is 0 Å². The quantitative estimate of drug-likeness (QED) is 0.641. The predicted molar refractivity (Wildman–Crippen MR) is 67.9 cm³/mol. The Balaban J connectivity index is 2.96. The third-order valence-electron chi connectivity index (χ3n) is 2.19. The minimum atomic E-state index is -0.534. The molecule has 1 unspecified atom stereocenters. The molecule has 1 rings (SSSR count). The minimum absolute atomic E-state index is 0.00210. The van der Waals surface area contributed by atoms with E-state index < -0.39 is 4.92 Å². The summed E-state index contributed by atoms with van der Waals surface area (Å²) in [5, 5.41) is 22.9. The Bertz CT molecular complexity index is 426. The summed E-state index contributed by atoms with van der Waals surface area (Å²) >= 11 is 11.5. The maximum Gasteiger partial charge on any atom is 0.293 e. The fourth-order valence-electron chi connectivity index (χ4n) is 1.18. The molecule has 0 saturated heterocycles. The summed E-state index contributed by atoms with van der Waals surface area (Å²) in [7, 11) is 0. The van der Waals surface area contributed by atoms with Crippen molar-refractivity contribution in [2.75, 3.05) is 18.5 Å². The molecular weight excluding hydrogens is 267 g/mol. The summed E-state index contributed by atoms with van der Waals surface area (Å²) in [4.78, 5) is 10.3. The van der Waals surface area contributed by atoms with Crippen LogP contribution in [0.25, 0.3) is 0 Å². The number of aliphatic hydroxyl groups excluding tert-OH is 1. The second-order valence-corrected chi connectivity index (χ2v) is 4.52. The molecular formula is C10H12Cl2N2O3. The largest absolute Gasteiger partial charge is 0.396 e. The molecule has 5 nitrogen and oxygen atoms in total. The second kappa shape index (κ2) is 6.05. The first kappa shape index (κ1) is 14.0. The molecule has 0 saturated carbocycles. The van der Waals surface area contributed by atoms with Crippen molar-refractivity contribution in [2.24, 2.45) is 5.92 Å². The maximum atomic E-state index is 10.8. The molecule has 1 atom stereocenters. The summed E-state index contributed by atoms with van der Waals surface area (Å²) in [6.45, 7) is 2.23. The van der Waals surface area contributed by atoms with Gasteiger partial charge in [-0.3, -0.25) is 10.1 Å². The summed E-state index contributed by atoms with van der Waals surface area (Å²) in [6, 6.07) is 2.61. The van der Waals surface area contributed by atoms with Crippen molar-refractivity contribution in [3.05, 3.63) is 32.3 Å². The van der Waals surface area contributed by atoms with E-state index in [9.17, 15) is 10.1 Å². The lowest BCUT2D eigenvalue weighted by Gasteiger charge is -2.11. The Kier molecular flexibility index (Phi) is 4.99. The Morgan fingerprint density at radius 3 is 2.59 bits per heavy atom. The molecule has 0 aliphatic heterocycles. The van der Waals surface area contributed by atoms with Crippen molar-refractivity contribution >= 4 is 34.6 Å². The zero-order valence-corrected chi connectivity index (χ0v) is 10.6. The van der Waals surface area contributed by atoms with E-state index in [1.54, 1.807) is 0 Å². The highest BCUT2D eigenvalue weighted by molar-refractivity contribution is 6.42. The van der Waals surface area contributed by atoms with E-state index >= 15 is 0 Å². The highest BCUT2D eigenvalue weighted by Gasteiger charge is 2.17. The van der Waals surface area contributed by atoms with Crippen molar-refractivity contribution in [3.8, 4) is 0 Å². The van der Waals surface area contributed by atoms with Gasteiger partial charge in [0, 0.05) is 19.2 Å². The number of nitro benzene ring substituents is 1. The molecule has 1 aromatic rings. The summed E-state index contributed by atoms with van der Waals surface area (Å²) < 4.78 is 0. The molecule has 94 valence electrons. The average Bonchev–Trinajstić information content (AvgIpc) is 2.29. The number of benzene rings is 1. The van der Waals surface area contributed by atoms with E-state index in [0.29, 0.717) is 12.2 Å². The van der Waals surface area contributed by atoms with Crippen LogP contribution in [0.2, 0.25) is 10.0 Å². The van der Waals surface area contributed by atoms with Crippen LogP contribution >= 0.6 is 23.2 Å². The van der Waals surface area contributed by atoms with Gasteiger partial charge in [0.15, 0.2) is 0 Å². The summed E-state index contributed by atoms with van der Waals surface area (Å²) in [5.41, 5.74) is 0.161. The first-order chi connectivity index (χ1) is 7.95. The highest BCUT2D eigenvalue weighted by atomic mass is 35.5. The Morgan fingerprint density at radius 2 is 2.06 bits per heavy atom. The number of hydrogen-bond acceptors (Lipinski definition) is 4. The summed E-state index contributed by atoms with van der Waals surface area (Å²) in [5.74, 6) is -0.0101. The highest BCUT2D eigenvalue weighted by Crippen LogP contribution is 2.33. The number of nitro groups is 1. The second-order valence-electron chi connectivity index (χ2n) is 3.71.